The van der Waals surface area contributed by atoms with Gasteiger partial charge in [0.05, 0.1) is 5.25 Å². The molecule has 1 fully saturated rings. The average molecular weight is 358 g/mol. The third-order valence-corrected chi connectivity index (χ3v) is 6.17. The lowest BCUT2D eigenvalue weighted by Crippen LogP contribution is -2.41. The molecular weight excluding hydrogens is 330 g/mol. The van der Waals surface area contributed by atoms with Crippen molar-refractivity contribution in [3.63, 3.8) is 0 Å². The number of rotatable bonds is 4. The molecule has 1 saturated heterocycles. The van der Waals surface area contributed by atoms with Crippen LogP contribution in [-0.4, -0.2) is 38.7 Å². The first kappa shape index (κ1) is 18.1. The quantitative estimate of drug-likeness (QED) is 0.769. The van der Waals surface area contributed by atoms with Crippen LogP contribution < -0.4 is 0 Å². The largest absolute Gasteiger partial charge is 0.342 e. The molecule has 134 valence electrons. The highest BCUT2D eigenvalue weighted by Gasteiger charge is 2.26. The van der Waals surface area contributed by atoms with Crippen LogP contribution in [0.1, 0.15) is 37.8 Å². The van der Waals surface area contributed by atoms with E-state index in [4.69, 9.17) is 0 Å². The number of imidazole rings is 1. The van der Waals surface area contributed by atoms with E-state index in [-0.39, 0.29) is 11.2 Å². The van der Waals surface area contributed by atoms with Gasteiger partial charge in [0.15, 0.2) is 5.16 Å². The third-order valence-electron chi connectivity index (χ3n) is 5.10. The smallest absolute Gasteiger partial charge is 0.235 e. The standard InChI is InChI=1S/C20H27N3OS/c1-14-7-10-22(11-8-14)19(24)17(4)25-20-21-9-12-23(20)18-6-5-15(2)16(3)13-18/h5-6,9,12-14,17H,7-8,10-11H2,1-4H3/t17-/m0/s1. The van der Waals surface area contributed by atoms with Crippen molar-refractivity contribution in [1.29, 1.82) is 0 Å². The Hall–Kier alpha value is -1.75. The van der Waals surface area contributed by atoms with Crippen LogP contribution in [0.3, 0.4) is 0 Å². The summed E-state index contributed by atoms with van der Waals surface area (Å²) in [5.74, 6) is 0.960. The van der Waals surface area contributed by atoms with Gasteiger partial charge in [0.25, 0.3) is 0 Å². The lowest BCUT2D eigenvalue weighted by Gasteiger charge is -2.32. The van der Waals surface area contributed by atoms with Crippen LogP contribution in [0.2, 0.25) is 0 Å². The Morgan fingerprint density at radius 2 is 1.96 bits per heavy atom. The van der Waals surface area contributed by atoms with Gasteiger partial charge in [0, 0.05) is 31.2 Å². The highest BCUT2D eigenvalue weighted by molar-refractivity contribution is 8.00. The number of nitrogens with zero attached hydrogens (tertiary/aromatic N) is 3. The molecule has 0 saturated carbocycles. The van der Waals surface area contributed by atoms with Crippen molar-refractivity contribution in [2.75, 3.05) is 13.1 Å². The molecule has 2 aromatic rings. The van der Waals surface area contributed by atoms with Crippen LogP contribution in [0, 0.1) is 19.8 Å². The van der Waals surface area contributed by atoms with Gasteiger partial charge in [-0.15, -0.1) is 0 Å². The van der Waals surface area contributed by atoms with Gasteiger partial charge in [-0.1, -0.05) is 24.8 Å². The van der Waals surface area contributed by atoms with Crippen molar-refractivity contribution >= 4 is 17.7 Å². The maximum absolute atomic E-state index is 12.7. The average Bonchev–Trinajstić information content (AvgIpc) is 3.05. The molecule has 4 nitrogen and oxygen atoms in total. The second-order valence-electron chi connectivity index (χ2n) is 7.12. The Balaban J connectivity index is 1.72. The summed E-state index contributed by atoms with van der Waals surface area (Å²) in [5, 5.41) is 0.746. The highest BCUT2D eigenvalue weighted by atomic mass is 32.2. The molecule has 1 aliphatic heterocycles. The molecule has 1 aromatic heterocycles. The molecule has 1 atom stereocenters. The van der Waals surface area contributed by atoms with Crippen LogP contribution in [0.15, 0.2) is 35.7 Å². The molecule has 0 radical (unpaired) electrons. The fourth-order valence-corrected chi connectivity index (χ4v) is 4.11. The van der Waals surface area contributed by atoms with Gasteiger partial charge in [-0.05, 0) is 62.8 Å². The molecule has 0 N–H and O–H groups in total. The number of hydrogen-bond acceptors (Lipinski definition) is 3. The van der Waals surface area contributed by atoms with Crippen molar-refractivity contribution < 1.29 is 4.79 Å². The monoisotopic (exact) mass is 357 g/mol. The number of benzene rings is 1. The molecule has 0 unspecified atom stereocenters. The van der Waals surface area contributed by atoms with E-state index in [0.29, 0.717) is 0 Å². The zero-order chi connectivity index (χ0) is 18.0. The zero-order valence-corrected chi connectivity index (χ0v) is 16.3. The second kappa shape index (κ2) is 7.65. The predicted octanol–water partition coefficient (Wildman–Crippen LogP) is 4.23. The molecule has 0 bridgehead atoms. The predicted molar refractivity (Wildman–Crippen MR) is 103 cm³/mol. The molecule has 0 aliphatic carbocycles. The topological polar surface area (TPSA) is 38.1 Å². The SMILES string of the molecule is Cc1ccc(-n2ccnc2S[C@@H](C)C(=O)N2CCC(C)CC2)cc1C. The minimum absolute atomic E-state index is 0.124. The van der Waals surface area contributed by atoms with E-state index in [9.17, 15) is 4.79 Å². The minimum Gasteiger partial charge on any atom is -0.342 e. The van der Waals surface area contributed by atoms with Crippen LogP contribution in [0.4, 0.5) is 0 Å². The van der Waals surface area contributed by atoms with Gasteiger partial charge in [-0.2, -0.15) is 0 Å². The minimum atomic E-state index is -0.124. The second-order valence-corrected chi connectivity index (χ2v) is 8.42. The molecular formula is C20H27N3OS. The molecule has 3 rings (SSSR count). The number of likely N-dealkylation sites (tertiary alicyclic amines) is 1. The first-order valence-electron chi connectivity index (χ1n) is 9.02. The van der Waals surface area contributed by atoms with E-state index >= 15 is 0 Å². The lowest BCUT2D eigenvalue weighted by molar-refractivity contribution is -0.131. The highest BCUT2D eigenvalue weighted by Crippen LogP contribution is 2.27. The molecule has 2 heterocycles. The summed E-state index contributed by atoms with van der Waals surface area (Å²) in [4.78, 5) is 19.2. The molecule has 1 aromatic carbocycles. The maximum Gasteiger partial charge on any atom is 0.235 e. The number of carbonyl (C=O) groups is 1. The number of carbonyl (C=O) groups excluding carboxylic acids is 1. The van der Waals surface area contributed by atoms with Gasteiger partial charge in [0.2, 0.25) is 5.91 Å². The number of thioether (sulfide) groups is 1. The van der Waals surface area contributed by atoms with Crippen molar-refractivity contribution in [2.24, 2.45) is 5.92 Å². The van der Waals surface area contributed by atoms with Crippen LogP contribution in [-0.2, 0) is 4.79 Å². The van der Waals surface area contributed by atoms with E-state index in [1.165, 1.54) is 11.1 Å². The van der Waals surface area contributed by atoms with Crippen LogP contribution >= 0.6 is 11.8 Å². The molecule has 5 heteroatoms. The number of piperidine rings is 1. The molecule has 25 heavy (non-hydrogen) atoms. The fourth-order valence-electron chi connectivity index (χ4n) is 3.14. The van der Waals surface area contributed by atoms with Crippen molar-refractivity contribution in [2.45, 2.75) is 50.9 Å². The van der Waals surface area contributed by atoms with E-state index in [1.807, 2.05) is 18.0 Å². The Morgan fingerprint density at radius 3 is 2.64 bits per heavy atom. The van der Waals surface area contributed by atoms with Crippen molar-refractivity contribution in [1.82, 2.24) is 14.5 Å². The summed E-state index contributed by atoms with van der Waals surface area (Å²) in [6, 6.07) is 6.40. The van der Waals surface area contributed by atoms with Gasteiger partial charge < -0.3 is 4.90 Å². The molecule has 1 aliphatic rings. The Labute approximate surface area is 154 Å². The fraction of sp³-hybridized carbons (Fsp3) is 0.500. The normalized spacial score (nSPS) is 16.9. The third kappa shape index (κ3) is 4.09. The lowest BCUT2D eigenvalue weighted by atomic mass is 9.99. The van der Waals surface area contributed by atoms with Crippen LogP contribution in [0.5, 0.6) is 0 Å². The summed E-state index contributed by atoms with van der Waals surface area (Å²) in [6.45, 7) is 10.3. The van der Waals surface area contributed by atoms with Crippen molar-refractivity contribution in [3.05, 3.63) is 41.7 Å². The van der Waals surface area contributed by atoms with E-state index in [1.54, 1.807) is 18.0 Å². The summed E-state index contributed by atoms with van der Waals surface area (Å²) in [5.41, 5.74) is 3.63. The first-order valence-corrected chi connectivity index (χ1v) is 9.90. The first-order chi connectivity index (χ1) is 12.0. The summed E-state index contributed by atoms with van der Waals surface area (Å²) >= 11 is 1.54. The molecule has 0 spiro atoms. The maximum atomic E-state index is 12.7. The Bertz CT molecular complexity index is 747. The summed E-state index contributed by atoms with van der Waals surface area (Å²) < 4.78 is 2.07. The van der Waals surface area contributed by atoms with Crippen molar-refractivity contribution in [3.8, 4) is 5.69 Å². The summed E-state index contributed by atoms with van der Waals surface area (Å²) in [7, 11) is 0. The number of aryl methyl sites for hydroxylation is 2. The van der Waals surface area contributed by atoms with Crippen LogP contribution in [0.25, 0.3) is 5.69 Å². The Kier molecular flexibility index (Phi) is 5.52. The van der Waals surface area contributed by atoms with Gasteiger partial charge in [-0.3, -0.25) is 9.36 Å². The van der Waals surface area contributed by atoms with Gasteiger partial charge in [0.1, 0.15) is 0 Å². The zero-order valence-electron chi connectivity index (χ0n) is 15.5. The number of aromatic nitrogens is 2. The van der Waals surface area contributed by atoms with E-state index < -0.39 is 0 Å². The van der Waals surface area contributed by atoms with Gasteiger partial charge in [-0.25, -0.2) is 4.98 Å². The Morgan fingerprint density at radius 1 is 1.24 bits per heavy atom. The van der Waals surface area contributed by atoms with E-state index in [0.717, 1.165) is 42.7 Å². The molecule has 1 amide bonds. The van der Waals surface area contributed by atoms with E-state index in [2.05, 4.69) is 48.5 Å². The number of amides is 1. The summed E-state index contributed by atoms with van der Waals surface area (Å²) in [6.07, 6.45) is 5.99. The van der Waals surface area contributed by atoms with Gasteiger partial charge >= 0.3 is 0 Å². The number of hydrogen-bond donors (Lipinski definition) is 0.